The Morgan fingerprint density at radius 3 is 2.46 bits per heavy atom. The monoisotopic (exact) mass is 325 g/mol. The van der Waals surface area contributed by atoms with Crippen molar-refractivity contribution in [3.8, 4) is 6.07 Å². The molecule has 0 amide bonds. The molecule has 0 aromatic carbocycles. The standard InChI is InChI=1S/C17H23N7/c1-10(2)24-11(3)7-13(12(24)4)8-14(9-18)15-20-16(19)22-17(21-15)23(5)6/h7-8,10H,1-6H3,(H2,19,20,21,22). The van der Waals surface area contributed by atoms with Gasteiger partial charge in [0.2, 0.25) is 11.9 Å². The van der Waals surface area contributed by atoms with Gasteiger partial charge in [-0.1, -0.05) is 0 Å². The van der Waals surface area contributed by atoms with E-state index in [-0.39, 0.29) is 11.8 Å². The van der Waals surface area contributed by atoms with E-state index in [1.54, 1.807) is 11.0 Å². The van der Waals surface area contributed by atoms with E-state index in [0.717, 1.165) is 17.0 Å². The highest BCUT2D eigenvalue weighted by Crippen LogP contribution is 2.24. The van der Waals surface area contributed by atoms with E-state index in [4.69, 9.17) is 5.73 Å². The molecule has 0 radical (unpaired) electrons. The molecule has 24 heavy (non-hydrogen) atoms. The van der Waals surface area contributed by atoms with E-state index in [2.05, 4.69) is 52.4 Å². The first-order chi connectivity index (χ1) is 11.2. The fourth-order valence-corrected chi connectivity index (χ4v) is 2.75. The van der Waals surface area contributed by atoms with Crippen LogP contribution in [0.3, 0.4) is 0 Å². The van der Waals surface area contributed by atoms with Crippen LogP contribution in [0.15, 0.2) is 6.07 Å². The van der Waals surface area contributed by atoms with Crippen molar-refractivity contribution in [1.29, 1.82) is 5.26 Å². The molecule has 0 aliphatic heterocycles. The predicted octanol–water partition coefficient (Wildman–Crippen LogP) is 2.58. The maximum atomic E-state index is 9.56. The zero-order valence-corrected chi connectivity index (χ0v) is 15.0. The highest BCUT2D eigenvalue weighted by molar-refractivity contribution is 5.88. The molecule has 7 heteroatoms. The highest BCUT2D eigenvalue weighted by atomic mass is 15.3. The molecule has 0 atom stereocenters. The lowest BCUT2D eigenvalue weighted by Crippen LogP contribution is -2.15. The van der Waals surface area contributed by atoms with Crippen LogP contribution in [0.1, 0.15) is 42.7 Å². The lowest BCUT2D eigenvalue weighted by Gasteiger charge is -2.13. The Hall–Kier alpha value is -2.88. The van der Waals surface area contributed by atoms with Crippen molar-refractivity contribution in [3.63, 3.8) is 0 Å². The van der Waals surface area contributed by atoms with Gasteiger partial charge in [-0.05, 0) is 45.4 Å². The number of hydrogen-bond donors (Lipinski definition) is 1. The third-order valence-electron chi connectivity index (χ3n) is 3.74. The second-order valence-corrected chi connectivity index (χ2v) is 6.17. The van der Waals surface area contributed by atoms with Crippen LogP contribution in [-0.2, 0) is 0 Å². The Morgan fingerprint density at radius 2 is 1.96 bits per heavy atom. The van der Waals surface area contributed by atoms with E-state index in [0.29, 0.717) is 17.6 Å². The fourth-order valence-electron chi connectivity index (χ4n) is 2.75. The van der Waals surface area contributed by atoms with Gasteiger partial charge in [0.25, 0.3) is 0 Å². The molecule has 7 nitrogen and oxygen atoms in total. The van der Waals surface area contributed by atoms with Gasteiger partial charge in [-0.2, -0.15) is 20.2 Å². The van der Waals surface area contributed by atoms with Gasteiger partial charge in [-0.3, -0.25) is 0 Å². The molecule has 2 aromatic rings. The minimum Gasteiger partial charge on any atom is -0.368 e. The quantitative estimate of drug-likeness (QED) is 0.868. The van der Waals surface area contributed by atoms with Crippen LogP contribution in [0.4, 0.5) is 11.9 Å². The number of nitrogens with two attached hydrogens (primary N) is 1. The molecule has 2 rings (SSSR count). The van der Waals surface area contributed by atoms with Crippen molar-refractivity contribution in [1.82, 2.24) is 19.5 Å². The number of nitrogen functional groups attached to an aromatic ring is 1. The van der Waals surface area contributed by atoms with E-state index in [9.17, 15) is 5.26 Å². The SMILES string of the molecule is Cc1cc(C=C(C#N)c2nc(N)nc(N(C)C)n2)c(C)n1C(C)C. The third kappa shape index (κ3) is 3.38. The first kappa shape index (κ1) is 17.5. The molecule has 0 aliphatic rings. The largest absolute Gasteiger partial charge is 0.368 e. The van der Waals surface area contributed by atoms with Gasteiger partial charge < -0.3 is 15.2 Å². The lowest BCUT2D eigenvalue weighted by atomic mass is 10.1. The number of nitriles is 1. The molecule has 0 spiro atoms. The molecule has 0 saturated heterocycles. The molecule has 126 valence electrons. The van der Waals surface area contributed by atoms with Crippen molar-refractivity contribution < 1.29 is 0 Å². The van der Waals surface area contributed by atoms with Gasteiger partial charge in [-0.25, -0.2) is 0 Å². The number of aryl methyl sites for hydroxylation is 1. The number of hydrogen-bond acceptors (Lipinski definition) is 6. The number of nitrogens with zero attached hydrogens (tertiary/aromatic N) is 6. The second-order valence-electron chi connectivity index (χ2n) is 6.17. The highest BCUT2D eigenvalue weighted by Gasteiger charge is 2.14. The molecular formula is C17H23N7. The van der Waals surface area contributed by atoms with Gasteiger partial charge in [0, 0.05) is 31.5 Å². The topological polar surface area (TPSA) is 96.7 Å². The summed E-state index contributed by atoms with van der Waals surface area (Å²) in [6.45, 7) is 8.37. The van der Waals surface area contributed by atoms with Crippen LogP contribution in [0.2, 0.25) is 0 Å². The lowest BCUT2D eigenvalue weighted by molar-refractivity contribution is 0.574. The number of allylic oxidation sites excluding steroid dienone is 1. The number of anilines is 2. The van der Waals surface area contributed by atoms with Gasteiger partial charge in [-0.15, -0.1) is 0 Å². The first-order valence-electron chi connectivity index (χ1n) is 7.74. The fraction of sp³-hybridized carbons (Fsp3) is 0.412. The minimum atomic E-state index is 0.0949. The van der Waals surface area contributed by atoms with Crippen molar-refractivity contribution >= 4 is 23.5 Å². The smallest absolute Gasteiger partial charge is 0.230 e. The molecule has 0 fully saturated rings. The van der Waals surface area contributed by atoms with Gasteiger partial charge in [0.1, 0.15) is 6.07 Å². The zero-order chi connectivity index (χ0) is 18.0. The van der Waals surface area contributed by atoms with Crippen molar-refractivity contribution in [2.24, 2.45) is 0 Å². The van der Waals surface area contributed by atoms with E-state index in [1.807, 2.05) is 21.0 Å². The number of aromatic nitrogens is 4. The Morgan fingerprint density at radius 1 is 1.29 bits per heavy atom. The Bertz CT molecular complexity index is 822. The van der Waals surface area contributed by atoms with Crippen LogP contribution in [0, 0.1) is 25.2 Å². The van der Waals surface area contributed by atoms with Crippen LogP contribution in [0.25, 0.3) is 11.6 Å². The Labute approximate surface area is 142 Å². The van der Waals surface area contributed by atoms with Gasteiger partial charge in [0.15, 0.2) is 5.82 Å². The summed E-state index contributed by atoms with van der Waals surface area (Å²) in [7, 11) is 3.62. The van der Waals surface area contributed by atoms with E-state index >= 15 is 0 Å². The van der Waals surface area contributed by atoms with E-state index in [1.165, 1.54) is 0 Å². The molecule has 0 unspecified atom stereocenters. The van der Waals surface area contributed by atoms with Crippen LogP contribution in [-0.4, -0.2) is 33.6 Å². The third-order valence-corrected chi connectivity index (χ3v) is 3.74. The van der Waals surface area contributed by atoms with Crippen molar-refractivity contribution in [2.75, 3.05) is 24.7 Å². The van der Waals surface area contributed by atoms with Gasteiger partial charge in [0.05, 0.1) is 5.57 Å². The summed E-state index contributed by atoms with van der Waals surface area (Å²) in [6, 6.07) is 4.58. The average Bonchev–Trinajstić information content (AvgIpc) is 2.78. The molecule has 2 aromatic heterocycles. The molecule has 0 saturated carbocycles. The van der Waals surface area contributed by atoms with E-state index < -0.39 is 0 Å². The summed E-state index contributed by atoms with van der Waals surface area (Å²) in [5.74, 6) is 0.798. The summed E-state index contributed by atoms with van der Waals surface area (Å²) in [6.07, 6.45) is 1.80. The van der Waals surface area contributed by atoms with Crippen molar-refractivity contribution in [2.45, 2.75) is 33.7 Å². The summed E-state index contributed by atoms with van der Waals surface area (Å²) in [5.41, 5.74) is 9.33. The van der Waals surface area contributed by atoms with Crippen molar-refractivity contribution in [3.05, 3.63) is 28.8 Å². The Balaban J connectivity index is 2.56. The minimum absolute atomic E-state index is 0.0949. The van der Waals surface area contributed by atoms with Gasteiger partial charge >= 0.3 is 0 Å². The van der Waals surface area contributed by atoms with Crippen LogP contribution < -0.4 is 10.6 Å². The molecular weight excluding hydrogens is 302 g/mol. The zero-order valence-electron chi connectivity index (χ0n) is 15.0. The molecule has 0 aliphatic carbocycles. The second kappa shape index (κ2) is 6.71. The summed E-state index contributed by atoms with van der Waals surface area (Å²) >= 11 is 0. The molecule has 2 heterocycles. The van der Waals surface area contributed by atoms with Crippen LogP contribution in [0.5, 0.6) is 0 Å². The molecule has 2 N–H and O–H groups in total. The maximum absolute atomic E-state index is 9.56. The first-order valence-corrected chi connectivity index (χ1v) is 7.74. The summed E-state index contributed by atoms with van der Waals surface area (Å²) in [5, 5.41) is 9.56. The average molecular weight is 325 g/mol. The summed E-state index contributed by atoms with van der Waals surface area (Å²) in [4.78, 5) is 14.2. The Kier molecular flexibility index (Phi) is 4.88. The normalized spacial score (nSPS) is 11.7. The predicted molar refractivity (Wildman–Crippen MR) is 96.3 cm³/mol. The molecule has 0 bridgehead atoms. The summed E-state index contributed by atoms with van der Waals surface area (Å²) < 4.78 is 2.23. The van der Waals surface area contributed by atoms with Crippen LogP contribution >= 0.6 is 0 Å². The number of rotatable bonds is 4. The maximum Gasteiger partial charge on any atom is 0.230 e.